The predicted molar refractivity (Wildman–Crippen MR) is 134 cm³/mol. The van der Waals surface area contributed by atoms with Crippen LogP contribution in [0.25, 0.3) is 0 Å². The van der Waals surface area contributed by atoms with Crippen LogP contribution in [0.4, 0.5) is 5.69 Å². The molecule has 0 spiro atoms. The minimum absolute atomic E-state index is 0.0526. The summed E-state index contributed by atoms with van der Waals surface area (Å²) in [6, 6.07) is 14.1. The first kappa shape index (κ1) is 26.1. The lowest BCUT2D eigenvalue weighted by atomic mass is 9.83. The van der Waals surface area contributed by atoms with Crippen LogP contribution in [0.3, 0.4) is 0 Å². The van der Waals surface area contributed by atoms with E-state index in [1.54, 1.807) is 45.5 Å². The zero-order valence-corrected chi connectivity index (χ0v) is 21.0. The van der Waals surface area contributed by atoms with Crippen LogP contribution in [0.1, 0.15) is 44.2 Å². The maximum Gasteiger partial charge on any atom is 0.259 e. The van der Waals surface area contributed by atoms with E-state index in [1.165, 1.54) is 4.90 Å². The molecule has 0 aliphatic carbocycles. The summed E-state index contributed by atoms with van der Waals surface area (Å²) in [4.78, 5) is 41.4. The van der Waals surface area contributed by atoms with Crippen molar-refractivity contribution in [1.29, 1.82) is 0 Å². The van der Waals surface area contributed by atoms with Gasteiger partial charge in [-0.2, -0.15) is 0 Å². The number of nitrogens with zero attached hydrogens (tertiary/aromatic N) is 2. The van der Waals surface area contributed by atoms with Gasteiger partial charge in [0.2, 0.25) is 11.8 Å². The van der Waals surface area contributed by atoms with E-state index >= 15 is 0 Å². The number of likely N-dealkylation sites (tertiary alicyclic amines) is 1. The number of amides is 3. The summed E-state index contributed by atoms with van der Waals surface area (Å²) in [5.74, 6) is 0.566. The van der Waals surface area contributed by atoms with Crippen LogP contribution in [0.2, 0.25) is 0 Å². The highest BCUT2D eigenvalue weighted by atomic mass is 16.5. The molecule has 1 fully saturated rings. The molecule has 3 rings (SSSR count). The number of hydrogen-bond donors (Lipinski definition) is 1. The second kappa shape index (κ2) is 12.2. The molecule has 2 atom stereocenters. The molecule has 0 aromatic heterocycles. The number of methoxy groups -OCH3 is 1. The monoisotopic (exact) mass is 481 g/mol. The zero-order valence-electron chi connectivity index (χ0n) is 21.0. The van der Waals surface area contributed by atoms with Crippen LogP contribution in [-0.4, -0.2) is 61.9 Å². The van der Waals surface area contributed by atoms with Gasteiger partial charge in [0.1, 0.15) is 11.5 Å². The Balaban J connectivity index is 1.79. The van der Waals surface area contributed by atoms with Gasteiger partial charge in [-0.3, -0.25) is 14.4 Å². The molecule has 8 heteroatoms. The summed E-state index contributed by atoms with van der Waals surface area (Å²) >= 11 is 0. The first-order valence-electron chi connectivity index (χ1n) is 12.0. The Labute approximate surface area is 207 Å². The van der Waals surface area contributed by atoms with Crippen molar-refractivity contribution in [1.82, 2.24) is 9.80 Å². The van der Waals surface area contributed by atoms with E-state index in [0.717, 1.165) is 18.4 Å². The van der Waals surface area contributed by atoms with Crippen molar-refractivity contribution >= 4 is 23.4 Å². The third-order valence-corrected chi connectivity index (χ3v) is 6.24. The average Bonchev–Trinajstić information content (AvgIpc) is 2.86. The lowest BCUT2D eigenvalue weighted by Crippen LogP contribution is -2.47. The van der Waals surface area contributed by atoms with Gasteiger partial charge in [0.25, 0.3) is 5.91 Å². The first-order valence-corrected chi connectivity index (χ1v) is 12.0. The summed E-state index contributed by atoms with van der Waals surface area (Å²) in [7, 11) is 4.94. The molecule has 1 heterocycles. The van der Waals surface area contributed by atoms with Crippen LogP contribution >= 0.6 is 0 Å². The van der Waals surface area contributed by atoms with Crippen molar-refractivity contribution in [3.8, 4) is 11.5 Å². The lowest BCUT2D eigenvalue weighted by molar-refractivity contribution is -0.142. The molecule has 0 saturated carbocycles. The third-order valence-electron chi connectivity index (χ3n) is 6.24. The van der Waals surface area contributed by atoms with Gasteiger partial charge in [0, 0.05) is 38.3 Å². The number of piperidine rings is 1. The van der Waals surface area contributed by atoms with Crippen LogP contribution in [0, 0.1) is 5.92 Å². The summed E-state index contributed by atoms with van der Waals surface area (Å²) in [6.07, 6.45) is 2.61. The van der Waals surface area contributed by atoms with Gasteiger partial charge < -0.3 is 24.6 Å². The molecular weight excluding hydrogens is 446 g/mol. The summed E-state index contributed by atoms with van der Waals surface area (Å²) in [5.41, 5.74) is 1.46. The number of carbonyl (C=O) groups excluding carboxylic acids is 3. The fourth-order valence-electron chi connectivity index (χ4n) is 4.26. The summed E-state index contributed by atoms with van der Waals surface area (Å²) < 4.78 is 11.1. The number of nitrogens with one attached hydrogen (secondary N) is 1. The van der Waals surface area contributed by atoms with Gasteiger partial charge in [-0.1, -0.05) is 31.5 Å². The van der Waals surface area contributed by atoms with Gasteiger partial charge in [0.05, 0.1) is 19.1 Å². The highest BCUT2D eigenvalue weighted by Gasteiger charge is 2.41. The highest BCUT2D eigenvalue weighted by molar-refractivity contribution is 5.95. The van der Waals surface area contributed by atoms with Crippen molar-refractivity contribution in [3.05, 3.63) is 54.1 Å². The normalized spacial score (nSPS) is 17.6. The Morgan fingerprint density at radius 3 is 2.49 bits per heavy atom. The van der Waals surface area contributed by atoms with Crippen LogP contribution < -0.4 is 14.8 Å². The fraction of sp³-hybridized carbons (Fsp3) is 0.444. The largest absolute Gasteiger partial charge is 0.496 e. The van der Waals surface area contributed by atoms with Crippen LogP contribution in [0.15, 0.2) is 48.5 Å². The van der Waals surface area contributed by atoms with E-state index in [9.17, 15) is 14.4 Å². The van der Waals surface area contributed by atoms with Crippen LogP contribution in [0.5, 0.6) is 11.5 Å². The Kier molecular flexibility index (Phi) is 9.11. The van der Waals surface area contributed by atoms with E-state index in [0.29, 0.717) is 36.6 Å². The number of hydrogen-bond acceptors (Lipinski definition) is 5. The highest BCUT2D eigenvalue weighted by Crippen LogP contribution is 2.41. The Morgan fingerprint density at radius 2 is 1.83 bits per heavy atom. The maximum absolute atomic E-state index is 13.5. The molecule has 1 aliphatic rings. The molecule has 3 amide bonds. The number of benzene rings is 2. The minimum atomic E-state index is -0.422. The number of unbranched alkanes of at least 4 members (excludes halogenated alkanes) is 1. The van der Waals surface area contributed by atoms with E-state index < -0.39 is 12.0 Å². The van der Waals surface area contributed by atoms with Crippen molar-refractivity contribution in [2.24, 2.45) is 5.92 Å². The molecule has 188 valence electrons. The number of ether oxygens (including phenoxy) is 2. The van der Waals surface area contributed by atoms with Gasteiger partial charge >= 0.3 is 0 Å². The number of carbonyl (C=O) groups is 3. The average molecular weight is 482 g/mol. The second-order valence-corrected chi connectivity index (χ2v) is 8.86. The van der Waals surface area contributed by atoms with Gasteiger partial charge in [-0.15, -0.1) is 0 Å². The topological polar surface area (TPSA) is 88.2 Å². The number of para-hydroxylation sites is 1. The zero-order chi connectivity index (χ0) is 25.4. The second-order valence-electron chi connectivity index (χ2n) is 8.86. The molecule has 1 N–H and O–H groups in total. The molecule has 1 saturated heterocycles. The SMILES string of the molecule is CCCCN1C(=O)CCC(C(=O)Nc2ccc(OCC(=O)N(C)C)cc2)C1c1ccccc1OC. The molecule has 8 nitrogen and oxygen atoms in total. The Morgan fingerprint density at radius 1 is 1.11 bits per heavy atom. The maximum atomic E-state index is 13.5. The van der Waals surface area contributed by atoms with E-state index in [-0.39, 0.29) is 24.3 Å². The molecule has 2 aromatic rings. The van der Waals surface area contributed by atoms with Crippen LogP contribution in [-0.2, 0) is 14.4 Å². The smallest absolute Gasteiger partial charge is 0.259 e. The van der Waals surface area contributed by atoms with E-state index in [1.807, 2.05) is 29.2 Å². The first-order chi connectivity index (χ1) is 16.8. The third kappa shape index (κ3) is 6.53. The molecule has 2 unspecified atom stereocenters. The molecule has 2 aromatic carbocycles. The van der Waals surface area contributed by atoms with E-state index in [2.05, 4.69) is 12.2 Å². The van der Waals surface area contributed by atoms with Crippen molar-refractivity contribution in [3.63, 3.8) is 0 Å². The molecule has 1 aliphatic heterocycles. The van der Waals surface area contributed by atoms with Gasteiger partial charge in [-0.05, 0) is 43.2 Å². The van der Waals surface area contributed by atoms with E-state index in [4.69, 9.17) is 9.47 Å². The molecule has 0 bridgehead atoms. The number of rotatable bonds is 10. The van der Waals surface area contributed by atoms with Crippen molar-refractivity contribution < 1.29 is 23.9 Å². The molecule has 0 radical (unpaired) electrons. The van der Waals surface area contributed by atoms with Crippen molar-refractivity contribution in [2.75, 3.05) is 39.7 Å². The quantitative estimate of drug-likeness (QED) is 0.556. The number of anilines is 1. The Hall–Kier alpha value is -3.55. The van der Waals surface area contributed by atoms with Gasteiger partial charge in [-0.25, -0.2) is 0 Å². The predicted octanol–water partition coefficient (Wildman–Crippen LogP) is 3.88. The molecular formula is C27H35N3O5. The summed E-state index contributed by atoms with van der Waals surface area (Å²) in [6.45, 7) is 2.63. The van der Waals surface area contributed by atoms with Crippen molar-refractivity contribution in [2.45, 2.75) is 38.6 Å². The fourth-order valence-corrected chi connectivity index (χ4v) is 4.26. The Bertz CT molecular complexity index is 1020. The lowest BCUT2D eigenvalue weighted by Gasteiger charge is -2.41. The minimum Gasteiger partial charge on any atom is -0.496 e. The standard InChI is InChI=1S/C27H35N3O5/c1-5-6-17-30-24(31)16-15-22(26(30)21-9-7-8-10-23(21)34-4)27(33)28-19-11-13-20(14-12-19)35-18-25(32)29(2)3/h7-14,22,26H,5-6,15-18H2,1-4H3,(H,28,33). The summed E-state index contributed by atoms with van der Waals surface area (Å²) in [5, 5.41) is 3.00. The van der Waals surface area contributed by atoms with Gasteiger partial charge in [0.15, 0.2) is 6.61 Å². The molecule has 35 heavy (non-hydrogen) atoms. The number of likely N-dealkylation sites (N-methyl/N-ethyl adjacent to an activating group) is 1.